The zero-order valence-electron chi connectivity index (χ0n) is 12.2. The number of nitrogens with zero attached hydrogens (tertiary/aromatic N) is 3. The van der Waals surface area contributed by atoms with E-state index in [1.807, 2.05) is 6.92 Å². The summed E-state index contributed by atoms with van der Waals surface area (Å²) in [6.45, 7) is 1.81. The molecule has 1 spiro atoms. The first-order chi connectivity index (χ1) is 10.0. The summed E-state index contributed by atoms with van der Waals surface area (Å²) in [4.78, 5) is 34.7. The molecule has 1 aliphatic heterocycles. The van der Waals surface area contributed by atoms with Crippen LogP contribution in [0.5, 0.6) is 0 Å². The zero-order chi connectivity index (χ0) is 15.0. The van der Waals surface area contributed by atoms with Crippen molar-refractivity contribution < 1.29 is 9.59 Å². The molecule has 2 fully saturated rings. The number of carbonyl (C=O) groups is 2. The maximum Gasteiger partial charge on any atom is 0.240 e. The minimum absolute atomic E-state index is 0.00843. The van der Waals surface area contributed by atoms with Crippen LogP contribution in [0.25, 0.3) is 0 Å². The van der Waals surface area contributed by atoms with E-state index in [0.29, 0.717) is 17.9 Å². The Morgan fingerprint density at radius 2 is 2.05 bits per heavy atom. The van der Waals surface area contributed by atoms with Crippen LogP contribution >= 0.6 is 0 Å². The van der Waals surface area contributed by atoms with E-state index in [4.69, 9.17) is 5.73 Å². The van der Waals surface area contributed by atoms with E-state index in [2.05, 4.69) is 9.97 Å². The molecule has 21 heavy (non-hydrogen) atoms. The molecule has 1 aliphatic carbocycles. The maximum atomic E-state index is 13.0. The number of primary amides is 1. The number of amides is 2. The predicted molar refractivity (Wildman–Crippen MR) is 77.4 cm³/mol. The molecule has 1 unspecified atom stereocenters. The summed E-state index contributed by atoms with van der Waals surface area (Å²) < 4.78 is 0. The van der Waals surface area contributed by atoms with Crippen molar-refractivity contribution in [3.8, 4) is 0 Å². The molecule has 1 atom stereocenters. The third-order valence-electron chi connectivity index (χ3n) is 4.70. The van der Waals surface area contributed by atoms with E-state index in [0.717, 1.165) is 32.1 Å². The van der Waals surface area contributed by atoms with Crippen LogP contribution in [-0.2, 0) is 9.59 Å². The molecule has 2 heterocycles. The molecule has 0 radical (unpaired) electrons. The van der Waals surface area contributed by atoms with E-state index in [-0.39, 0.29) is 5.91 Å². The van der Waals surface area contributed by atoms with Crippen molar-refractivity contribution in [3.63, 3.8) is 0 Å². The summed E-state index contributed by atoms with van der Waals surface area (Å²) in [5.41, 5.74) is 5.82. The van der Waals surface area contributed by atoms with Gasteiger partial charge in [0.25, 0.3) is 0 Å². The normalized spacial score (nSPS) is 24.5. The average molecular weight is 288 g/mol. The van der Waals surface area contributed by atoms with Gasteiger partial charge in [0.1, 0.15) is 6.04 Å². The van der Waals surface area contributed by atoms with E-state index < -0.39 is 17.4 Å². The summed E-state index contributed by atoms with van der Waals surface area (Å²) in [5, 5.41) is 0. The van der Waals surface area contributed by atoms with Crippen molar-refractivity contribution in [2.75, 3.05) is 4.90 Å². The lowest BCUT2D eigenvalue weighted by molar-refractivity contribution is -0.127. The SMILES string of the molecule is Cc1cncc(N2C(=O)C3(CCCCC3)CC2C(N)=O)n1. The van der Waals surface area contributed by atoms with Crippen molar-refractivity contribution in [2.45, 2.75) is 51.5 Å². The number of nitrogens with two attached hydrogens (primary N) is 1. The van der Waals surface area contributed by atoms with Gasteiger partial charge in [-0.25, -0.2) is 4.98 Å². The lowest BCUT2D eigenvalue weighted by Crippen LogP contribution is -2.43. The Morgan fingerprint density at radius 3 is 2.67 bits per heavy atom. The van der Waals surface area contributed by atoms with E-state index >= 15 is 0 Å². The van der Waals surface area contributed by atoms with Gasteiger partial charge in [-0.3, -0.25) is 19.5 Å². The first-order valence-electron chi connectivity index (χ1n) is 7.45. The van der Waals surface area contributed by atoms with Crippen LogP contribution in [0.3, 0.4) is 0 Å². The lowest BCUT2D eigenvalue weighted by Gasteiger charge is -2.31. The topological polar surface area (TPSA) is 89.2 Å². The molecule has 1 saturated heterocycles. The van der Waals surface area contributed by atoms with Gasteiger partial charge in [0.15, 0.2) is 5.82 Å². The monoisotopic (exact) mass is 288 g/mol. The highest BCUT2D eigenvalue weighted by atomic mass is 16.2. The van der Waals surface area contributed by atoms with Crippen molar-refractivity contribution in [1.29, 1.82) is 0 Å². The summed E-state index contributed by atoms with van der Waals surface area (Å²) in [6.07, 6.45) is 8.56. The molecule has 6 heteroatoms. The second kappa shape index (κ2) is 5.09. The number of anilines is 1. The number of rotatable bonds is 2. The van der Waals surface area contributed by atoms with Gasteiger partial charge in [-0.05, 0) is 26.2 Å². The number of hydrogen-bond donors (Lipinski definition) is 1. The third kappa shape index (κ3) is 2.28. The lowest BCUT2D eigenvalue weighted by atomic mass is 9.72. The Morgan fingerprint density at radius 1 is 1.33 bits per heavy atom. The Bertz CT molecular complexity index is 581. The standard InChI is InChI=1S/C15H20N4O2/c1-10-8-17-9-12(18-10)19-11(13(16)20)7-15(14(19)21)5-3-2-4-6-15/h8-9,11H,2-7H2,1H3,(H2,16,20). The smallest absolute Gasteiger partial charge is 0.240 e. The van der Waals surface area contributed by atoms with Crippen LogP contribution in [-0.4, -0.2) is 27.8 Å². The van der Waals surface area contributed by atoms with Gasteiger partial charge in [0, 0.05) is 6.20 Å². The quantitative estimate of drug-likeness (QED) is 0.889. The van der Waals surface area contributed by atoms with Gasteiger partial charge in [-0.1, -0.05) is 19.3 Å². The van der Waals surface area contributed by atoms with Crippen LogP contribution in [0, 0.1) is 12.3 Å². The fourth-order valence-electron chi connectivity index (χ4n) is 3.65. The summed E-state index contributed by atoms with van der Waals surface area (Å²) >= 11 is 0. The summed E-state index contributed by atoms with van der Waals surface area (Å²) in [6, 6.07) is -0.605. The number of carbonyl (C=O) groups excluding carboxylic acids is 2. The molecule has 0 bridgehead atoms. The minimum Gasteiger partial charge on any atom is -0.368 e. The highest BCUT2D eigenvalue weighted by molar-refractivity contribution is 6.06. The fraction of sp³-hybridized carbons (Fsp3) is 0.600. The second-order valence-electron chi connectivity index (χ2n) is 6.16. The van der Waals surface area contributed by atoms with Gasteiger partial charge in [-0.2, -0.15) is 0 Å². The average Bonchev–Trinajstić information content (AvgIpc) is 2.74. The Labute approximate surface area is 123 Å². The molecule has 6 nitrogen and oxygen atoms in total. The molecule has 1 saturated carbocycles. The first kappa shape index (κ1) is 14.0. The highest BCUT2D eigenvalue weighted by Gasteiger charge is 2.54. The van der Waals surface area contributed by atoms with Gasteiger partial charge in [0.05, 0.1) is 17.3 Å². The predicted octanol–water partition coefficient (Wildman–Crippen LogP) is 1.33. The van der Waals surface area contributed by atoms with Crippen molar-refractivity contribution in [3.05, 3.63) is 18.1 Å². The molecular formula is C15H20N4O2. The van der Waals surface area contributed by atoms with Gasteiger partial charge in [-0.15, -0.1) is 0 Å². The number of aromatic nitrogens is 2. The molecule has 3 rings (SSSR count). The maximum absolute atomic E-state index is 13.0. The second-order valence-corrected chi connectivity index (χ2v) is 6.16. The fourth-order valence-corrected chi connectivity index (χ4v) is 3.65. The molecule has 2 N–H and O–H groups in total. The van der Waals surface area contributed by atoms with Gasteiger partial charge < -0.3 is 5.73 Å². The first-order valence-corrected chi connectivity index (χ1v) is 7.45. The molecule has 2 aliphatic rings. The molecule has 112 valence electrons. The molecular weight excluding hydrogens is 268 g/mol. The van der Waals surface area contributed by atoms with Gasteiger partial charge in [0.2, 0.25) is 11.8 Å². The molecule has 2 amide bonds. The number of aryl methyl sites for hydroxylation is 1. The summed E-state index contributed by atoms with van der Waals surface area (Å²) in [5.74, 6) is -0.0359. The van der Waals surface area contributed by atoms with Crippen molar-refractivity contribution in [2.24, 2.45) is 11.1 Å². The van der Waals surface area contributed by atoms with E-state index in [1.165, 1.54) is 11.1 Å². The zero-order valence-corrected chi connectivity index (χ0v) is 12.2. The Balaban J connectivity index is 2.00. The third-order valence-corrected chi connectivity index (χ3v) is 4.70. The van der Waals surface area contributed by atoms with E-state index in [9.17, 15) is 9.59 Å². The van der Waals surface area contributed by atoms with Crippen LogP contribution in [0.15, 0.2) is 12.4 Å². The molecule has 0 aromatic carbocycles. The largest absolute Gasteiger partial charge is 0.368 e. The Kier molecular flexibility index (Phi) is 3.39. The van der Waals surface area contributed by atoms with Crippen molar-refractivity contribution >= 4 is 17.6 Å². The van der Waals surface area contributed by atoms with Crippen LogP contribution < -0.4 is 10.6 Å². The van der Waals surface area contributed by atoms with Crippen molar-refractivity contribution in [1.82, 2.24) is 9.97 Å². The van der Waals surface area contributed by atoms with Gasteiger partial charge >= 0.3 is 0 Å². The van der Waals surface area contributed by atoms with Crippen LogP contribution in [0.4, 0.5) is 5.82 Å². The van der Waals surface area contributed by atoms with E-state index in [1.54, 1.807) is 6.20 Å². The van der Waals surface area contributed by atoms with Crippen LogP contribution in [0.2, 0.25) is 0 Å². The highest BCUT2D eigenvalue weighted by Crippen LogP contribution is 2.48. The van der Waals surface area contributed by atoms with Crippen LogP contribution in [0.1, 0.15) is 44.2 Å². The number of hydrogen-bond acceptors (Lipinski definition) is 4. The Hall–Kier alpha value is -1.98. The molecule has 1 aromatic rings. The minimum atomic E-state index is -0.605. The molecule has 1 aromatic heterocycles. The summed E-state index contributed by atoms with van der Waals surface area (Å²) in [7, 11) is 0.